The number of hydrogen-bond acceptors (Lipinski definition) is 2. The molecule has 0 bridgehead atoms. The maximum atomic E-state index is 9.61. The maximum absolute atomic E-state index is 9.61. The molecule has 1 saturated carbocycles. The topological polar surface area (TPSA) is 40.5 Å². The lowest BCUT2D eigenvalue weighted by atomic mass is 9.84. The van der Waals surface area contributed by atoms with Gasteiger partial charge in [-0.3, -0.25) is 0 Å². The molecule has 0 aromatic heterocycles. The minimum absolute atomic E-state index is 0.136. The molecule has 1 rings (SSSR count). The normalized spacial score (nSPS) is 40.9. The molecule has 2 atom stereocenters. The number of hydrogen-bond donors (Lipinski definition) is 2. The van der Waals surface area contributed by atoms with Crippen molar-refractivity contribution in [3.63, 3.8) is 0 Å². The van der Waals surface area contributed by atoms with Crippen LogP contribution in [0.15, 0.2) is 0 Å². The van der Waals surface area contributed by atoms with Crippen LogP contribution in [0.3, 0.4) is 0 Å². The molecule has 0 radical (unpaired) electrons. The quantitative estimate of drug-likeness (QED) is 0.555. The van der Waals surface area contributed by atoms with Crippen molar-refractivity contribution in [3.05, 3.63) is 0 Å². The molecule has 0 saturated heterocycles. The molecule has 1 aliphatic rings. The minimum atomic E-state index is -0.572. The predicted octanol–water partition coefficient (Wildman–Crippen LogP) is 1.16. The van der Waals surface area contributed by atoms with Gasteiger partial charge in [0, 0.05) is 0 Å². The number of rotatable bonds is 0. The van der Waals surface area contributed by atoms with Crippen LogP contribution in [0.2, 0.25) is 0 Å². The second kappa shape index (κ2) is 2.20. The van der Waals surface area contributed by atoms with E-state index in [4.69, 9.17) is 0 Å². The van der Waals surface area contributed by atoms with Gasteiger partial charge in [0.15, 0.2) is 0 Å². The Labute approximate surface area is 68.2 Å². The zero-order chi connectivity index (χ0) is 8.86. The fourth-order valence-corrected chi connectivity index (χ4v) is 2.24. The Morgan fingerprint density at radius 1 is 0.909 bits per heavy atom. The fourth-order valence-electron chi connectivity index (χ4n) is 2.24. The molecule has 66 valence electrons. The summed E-state index contributed by atoms with van der Waals surface area (Å²) in [6.45, 7) is 7.98. The molecule has 1 aliphatic carbocycles. The lowest BCUT2D eigenvalue weighted by Crippen LogP contribution is -2.34. The number of aliphatic hydroxyl groups is 2. The summed E-state index contributed by atoms with van der Waals surface area (Å²) in [6.07, 6.45) is -0.266. The van der Waals surface area contributed by atoms with E-state index in [0.29, 0.717) is 0 Å². The van der Waals surface area contributed by atoms with Gasteiger partial charge >= 0.3 is 0 Å². The van der Waals surface area contributed by atoms with E-state index in [1.807, 2.05) is 27.7 Å². The summed E-state index contributed by atoms with van der Waals surface area (Å²) in [5.74, 6) is 0. The number of aliphatic hydroxyl groups excluding tert-OH is 2. The molecule has 0 aromatic rings. The zero-order valence-corrected chi connectivity index (χ0v) is 7.76. The second-order valence-electron chi connectivity index (χ2n) is 5.04. The van der Waals surface area contributed by atoms with Gasteiger partial charge in [-0.25, -0.2) is 0 Å². The third-order valence-corrected chi connectivity index (χ3v) is 2.81. The highest BCUT2D eigenvalue weighted by Crippen LogP contribution is 2.48. The predicted molar refractivity (Wildman–Crippen MR) is 44.2 cm³/mol. The van der Waals surface area contributed by atoms with E-state index in [1.54, 1.807) is 0 Å². The van der Waals surface area contributed by atoms with Crippen LogP contribution in [-0.4, -0.2) is 22.4 Å². The monoisotopic (exact) mass is 158 g/mol. The van der Waals surface area contributed by atoms with Crippen LogP contribution >= 0.6 is 0 Å². The standard InChI is InChI=1S/C9H18O2/c1-8(2)5-9(3,4)7(11)6(8)10/h6-7,10-11H,5H2,1-4H3/t6-,7-/m1/s1. The zero-order valence-electron chi connectivity index (χ0n) is 7.76. The van der Waals surface area contributed by atoms with Gasteiger partial charge in [-0.05, 0) is 17.3 Å². The molecule has 0 aromatic carbocycles. The van der Waals surface area contributed by atoms with E-state index in [1.165, 1.54) is 0 Å². The van der Waals surface area contributed by atoms with Crippen molar-refractivity contribution < 1.29 is 10.2 Å². The van der Waals surface area contributed by atoms with Crippen LogP contribution in [-0.2, 0) is 0 Å². The second-order valence-corrected chi connectivity index (χ2v) is 5.04. The van der Waals surface area contributed by atoms with Crippen LogP contribution in [0.25, 0.3) is 0 Å². The van der Waals surface area contributed by atoms with Gasteiger partial charge in [-0.2, -0.15) is 0 Å². The molecular weight excluding hydrogens is 140 g/mol. The van der Waals surface area contributed by atoms with Crippen LogP contribution in [0.1, 0.15) is 34.1 Å². The first kappa shape index (κ1) is 9.01. The Kier molecular flexibility index (Phi) is 1.81. The largest absolute Gasteiger partial charge is 0.390 e. The van der Waals surface area contributed by atoms with Gasteiger partial charge in [-0.15, -0.1) is 0 Å². The minimum Gasteiger partial charge on any atom is -0.390 e. The van der Waals surface area contributed by atoms with Gasteiger partial charge < -0.3 is 10.2 Å². The maximum Gasteiger partial charge on any atom is 0.0855 e. The Hall–Kier alpha value is -0.0800. The third kappa shape index (κ3) is 1.30. The molecule has 2 nitrogen and oxygen atoms in total. The van der Waals surface area contributed by atoms with Gasteiger partial charge in [-0.1, -0.05) is 27.7 Å². The van der Waals surface area contributed by atoms with E-state index in [-0.39, 0.29) is 10.8 Å². The summed E-state index contributed by atoms with van der Waals surface area (Å²) in [6, 6.07) is 0. The van der Waals surface area contributed by atoms with Crippen LogP contribution in [0.5, 0.6) is 0 Å². The Morgan fingerprint density at radius 3 is 1.27 bits per heavy atom. The van der Waals surface area contributed by atoms with Crippen LogP contribution < -0.4 is 0 Å². The van der Waals surface area contributed by atoms with Crippen LogP contribution in [0, 0.1) is 10.8 Å². The Bertz CT molecular complexity index is 143. The van der Waals surface area contributed by atoms with Crippen molar-refractivity contribution >= 4 is 0 Å². The first-order chi connectivity index (χ1) is 4.77. The lowest BCUT2D eigenvalue weighted by Gasteiger charge is -2.23. The van der Waals surface area contributed by atoms with E-state index in [2.05, 4.69) is 0 Å². The third-order valence-electron chi connectivity index (χ3n) is 2.81. The van der Waals surface area contributed by atoms with Gasteiger partial charge in [0.1, 0.15) is 0 Å². The molecule has 2 heteroatoms. The first-order valence-electron chi connectivity index (χ1n) is 4.13. The Balaban J connectivity index is 2.86. The summed E-state index contributed by atoms with van der Waals surface area (Å²) in [7, 11) is 0. The van der Waals surface area contributed by atoms with E-state index < -0.39 is 12.2 Å². The summed E-state index contributed by atoms with van der Waals surface area (Å²) in [5.41, 5.74) is -0.272. The van der Waals surface area contributed by atoms with Gasteiger partial charge in [0.05, 0.1) is 12.2 Å². The summed E-state index contributed by atoms with van der Waals surface area (Å²) < 4.78 is 0. The molecular formula is C9H18O2. The molecule has 2 N–H and O–H groups in total. The average Bonchev–Trinajstić information content (AvgIpc) is 1.91. The SMILES string of the molecule is CC1(C)CC(C)(C)[C@H](O)[C@H]1O. The molecule has 0 heterocycles. The Morgan fingerprint density at radius 2 is 1.18 bits per heavy atom. The van der Waals surface area contributed by atoms with Crippen molar-refractivity contribution in [1.82, 2.24) is 0 Å². The first-order valence-corrected chi connectivity index (χ1v) is 4.13. The van der Waals surface area contributed by atoms with Crippen molar-refractivity contribution in [3.8, 4) is 0 Å². The molecule has 0 amide bonds. The highest BCUT2D eigenvalue weighted by Gasteiger charge is 2.51. The van der Waals surface area contributed by atoms with E-state index in [9.17, 15) is 10.2 Å². The van der Waals surface area contributed by atoms with Gasteiger partial charge in [0.2, 0.25) is 0 Å². The van der Waals surface area contributed by atoms with Crippen molar-refractivity contribution in [2.45, 2.75) is 46.3 Å². The molecule has 1 fully saturated rings. The lowest BCUT2D eigenvalue weighted by molar-refractivity contribution is -0.0320. The highest BCUT2D eigenvalue weighted by atomic mass is 16.3. The highest BCUT2D eigenvalue weighted by molar-refractivity contribution is 5.01. The van der Waals surface area contributed by atoms with E-state index >= 15 is 0 Å². The van der Waals surface area contributed by atoms with Crippen LogP contribution in [0.4, 0.5) is 0 Å². The summed E-state index contributed by atoms with van der Waals surface area (Å²) in [5, 5.41) is 19.2. The van der Waals surface area contributed by atoms with Crippen molar-refractivity contribution in [2.75, 3.05) is 0 Å². The molecule has 0 aliphatic heterocycles. The average molecular weight is 158 g/mol. The molecule has 0 spiro atoms. The van der Waals surface area contributed by atoms with Crippen molar-refractivity contribution in [2.24, 2.45) is 10.8 Å². The summed E-state index contributed by atoms with van der Waals surface area (Å²) in [4.78, 5) is 0. The molecule has 11 heavy (non-hydrogen) atoms. The smallest absolute Gasteiger partial charge is 0.0855 e. The van der Waals surface area contributed by atoms with E-state index in [0.717, 1.165) is 6.42 Å². The summed E-state index contributed by atoms with van der Waals surface area (Å²) >= 11 is 0. The van der Waals surface area contributed by atoms with Crippen molar-refractivity contribution in [1.29, 1.82) is 0 Å². The fraction of sp³-hybridized carbons (Fsp3) is 1.00. The van der Waals surface area contributed by atoms with Gasteiger partial charge in [0.25, 0.3) is 0 Å². The molecule has 0 unspecified atom stereocenters.